The molecule has 8 nitrogen and oxygen atoms in total. The summed E-state index contributed by atoms with van der Waals surface area (Å²) in [7, 11) is 1.70. The summed E-state index contributed by atoms with van der Waals surface area (Å²) in [6, 6.07) is -0.840. The lowest BCUT2D eigenvalue weighted by molar-refractivity contribution is -0.153. The Morgan fingerprint density at radius 1 is 1.17 bits per heavy atom. The van der Waals surface area contributed by atoms with Crippen molar-refractivity contribution in [1.82, 2.24) is 14.7 Å². The van der Waals surface area contributed by atoms with Crippen molar-refractivity contribution in [3.05, 3.63) is 25.3 Å². The van der Waals surface area contributed by atoms with Gasteiger partial charge in [0.25, 0.3) is 0 Å². The van der Waals surface area contributed by atoms with Gasteiger partial charge in [-0.05, 0) is 44.9 Å². The predicted octanol–water partition coefficient (Wildman–Crippen LogP) is 2.62. The lowest BCUT2D eigenvalue weighted by atomic mass is 9.70. The minimum atomic E-state index is -1.04. The van der Waals surface area contributed by atoms with Crippen LogP contribution in [0, 0.1) is 17.3 Å². The number of fused-ring (bicyclic) bond motifs is 1. The molecule has 2 bridgehead atoms. The largest absolute Gasteiger partial charge is 0.396 e. The van der Waals surface area contributed by atoms with Crippen molar-refractivity contribution < 1.29 is 24.2 Å². The number of hydrogen-bond acceptors (Lipinski definition) is 5. The summed E-state index contributed by atoms with van der Waals surface area (Å²) in [6.07, 6.45) is 5.28. The van der Waals surface area contributed by atoms with Crippen LogP contribution in [0.25, 0.3) is 0 Å². The van der Waals surface area contributed by atoms with Gasteiger partial charge in [0.2, 0.25) is 17.7 Å². The summed E-state index contributed by atoms with van der Waals surface area (Å²) in [4.78, 5) is 46.8. The Balaban J connectivity index is 2.05. The Morgan fingerprint density at radius 3 is 2.36 bits per heavy atom. The van der Waals surface area contributed by atoms with Crippen molar-refractivity contribution in [2.45, 2.75) is 83.6 Å². The van der Waals surface area contributed by atoms with Gasteiger partial charge in [0.1, 0.15) is 11.6 Å². The molecule has 1 N–H and O–H groups in total. The van der Waals surface area contributed by atoms with E-state index in [-0.39, 0.29) is 42.4 Å². The first kappa shape index (κ1) is 28.4. The lowest BCUT2D eigenvalue weighted by Gasteiger charge is -2.45. The highest BCUT2D eigenvalue weighted by Crippen LogP contribution is 2.59. The molecule has 2 unspecified atom stereocenters. The molecule has 8 heteroatoms. The third kappa shape index (κ3) is 4.86. The monoisotopic (exact) mass is 503 g/mol. The summed E-state index contributed by atoms with van der Waals surface area (Å²) in [6.45, 7) is 19.0. The molecule has 3 fully saturated rings. The Morgan fingerprint density at radius 2 is 1.81 bits per heavy atom. The topological polar surface area (TPSA) is 90.4 Å². The molecule has 5 atom stereocenters. The van der Waals surface area contributed by atoms with Gasteiger partial charge in [0.05, 0.1) is 17.9 Å². The third-order valence-corrected chi connectivity index (χ3v) is 7.93. The number of rotatable bonds is 11. The second-order valence-corrected chi connectivity index (χ2v) is 12.5. The number of likely N-dealkylation sites (tertiary alicyclic amines) is 1. The molecular weight excluding hydrogens is 458 g/mol. The normalized spacial score (nSPS) is 29.3. The highest BCUT2D eigenvalue weighted by molar-refractivity contribution is 5.99. The van der Waals surface area contributed by atoms with E-state index in [1.165, 1.54) is 0 Å². The summed E-state index contributed by atoms with van der Waals surface area (Å²) >= 11 is 0. The fourth-order valence-corrected chi connectivity index (χ4v) is 7.04. The smallest absolute Gasteiger partial charge is 0.249 e. The second kappa shape index (κ2) is 10.3. The van der Waals surface area contributed by atoms with Crippen molar-refractivity contribution in [3.8, 4) is 0 Å². The maximum absolute atomic E-state index is 14.5. The molecule has 0 aliphatic carbocycles. The number of ether oxygens (including phenoxy) is 1. The fraction of sp³-hybridized carbons (Fsp3) is 0.750. The molecule has 3 aliphatic rings. The molecule has 0 radical (unpaired) electrons. The molecule has 0 aromatic rings. The van der Waals surface area contributed by atoms with Gasteiger partial charge in [-0.1, -0.05) is 32.9 Å². The molecule has 0 aromatic carbocycles. The molecule has 3 amide bonds. The minimum absolute atomic E-state index is 0.0261. The fourth-order valence-electron chi connectivity index (χ4n) is 7.04. The van der Waals surface area contributed by atoms with Crippen LogP contribution in [-0.4, -0.2) is 94.1 Å². The number of carbonyl (C=O) groups is 3. The van der Waals surface area contributed by atoms with Crippen LogP contribution in [0.2, 0.25) is 0 Å². The van der Waals surface area contributed by atoms with Gasteiger partial charge in [-0.3, -0.25) is 14.4 Å². The highest BCUT2D eigenvalue weighted by Gasteiger charge is 2.75. The zero-order valence-electron chi connectivity index (χ0n) is 23.0. The van der Waals surface area contributed by atoms with Gasteiger partial charge in [-0.15, -0.1) is 13.2 Å². The molecule has 3 aliphatic heterocycles. The maximum atomic E-state index is 14.5. The lowest BCUT2D eigenvalue weighted by Crippen LogP contribution is -2.61. The van der Waals surface area contributed by atoms with E-state index in [0.717, 1.165) is 6.42 Å². The molecular formula is C28H45N3O5. The van der Waals surface area contributed by atoms with Gasteiger partial charge in [0, 0.05) is 38.8 Å². The summed E-state index contributed by atoms with van der Waals surface area (Å²) in [5, 5.41) is 9.54. The standard InChI is InChI=1S/C28H45N3O5/c1-9-14-29(8)23(33)20-19-12-13-28(36-19)21(20)24(34)30(16-11-17-32)22(28)25(35)31(15-10-2)27(6,7)18-26(3,4)5/h9-10,19-22,32H,1-2,11-18H2,3-8H3/t19-,20+,21-,22?,28?/m0/s1. The minimum Gasteiger partial charge on any atom is -0.396 e. The van der Waals surface area contributed by atoms with Gasteiger partial charge in [-0.2, -0.15) is 0 Å². The van der Waals surface area contributed by atoms with E-state index < -0.39 is 29.0 Å². The van der Waals surface area contributed by atoms with Crippen LogP contribution in [0.4, 0.5) is 0 Å². The number of likely N-dealkylation sites (N-methyl/N-ethyl adjacent to an activating group) is 1. The molecule has 202 valence electrons. The average molecular weight is 504 g/mol. The van der Waals surface area contributed by atoms with Crippen molar-refractivity contribution in [2.24, 2.45) is 17.3 Å². The Hall–Kier alpha value is -2.19. The first-order chi connectivity index (χ1) is 16.8. The van der Waals surface area contributed by atoms with E-state index >= 15 is 0 Å². The molecule has 36 heavy (non-hydrogen) atoms. The van der Waals surface area contributed by atoms with E-state index in [1.807, 2.05) is 18.7 Å². The maximum Gasteiger partial charge on any atom is 0.249 e. The summed E-state index contributed by atoms with van der Waals surface area (Å²) in [5.41, 5.74) is -1.57. The van der Waals surface area contributed by atoms with Gasteiger partial charge >= 0.3 is 0 Å². The zero-order chi connectivity index (χ0) is 27.1. The summed E-state index contributed by atoms with van der Waals surface area (Å²) < 4.78 is 6.53. The van der Waals surface area contributed by atoms with Crippen LogP contribution < -0.4 is 0 Å². The van der Waals surface area contributed by atoms with Crippen molar-refractivity contribution in [2.75, 3.05) is 33.3 Å². The highest BCUT2D eigenvalue weighted by atomic mass is 16.5. The quantitative estimate of drug-likeness (QED) is 0.438. The van der Waals surface area contributed by atoms with Crippen LogP contribution in [0.3, 0.4) is 0 Å². The Labute approximate surface area is 216 Å². The molecule has 3 heterocycles. The van der Waals surface area contributed by atoms with E-state index in [4.69, 9.17) is 4.74 Å². The van der Waals surface area contributed by atoms with E-state index in [0.29, 0.717) is 32.4 Å². The van der Waals surface area contributed by atoms with Crippen molar-refractivity contribution in [1.29, 1.82) is 0 Å². The molecule has 0 aromatic heterocycles. The van der Waals surface area contributed by atoms with Crippen LogP contribution in [-0.2, 0) is 19.1 Å². The second-order valence-electron chi connectivity index (χ2n) is 12.5. The number of hydrogen-bond donors (Lipinski definition) is 1. The number of carbonyl (C=O) groups excluding carboxylic acids is 3. The van der Waals surface area contributed by atoms with Crippen molar-refractivity contribution in [3.63, 3.8) is 0 Å². The Bertz CT molecular complexity index is 894. The number of aliphatic hydroxyl groups is 1. The van der Waals surface area contributed by atoms with Crippen LogP contribution in [0.15, 0.2) is 25.3 Å². The third-order valence-electron chi connectivity index (χ3n) is 7.93. The van der Waals surface area contributed by atoms with Crippen molar-refractivity contribution >= 4 is 17.7 Å². The number of aliphatic hydroxyl groups excluding tert-OH is 1. The first-order valence-corrected chi connectivity index (χ1v) is 13.1. The summed E-state index contributed by atoms with van der Waals surface area (Å²) in [5.74, 6) is -1.88. The molecule has 1 spiro atoms. The van der Waals surface area contributed by atoms with Gasteiger partial charge in [0.15, 0.2) is 0 Å². The molecule has 3 saturated heterocycles. The van der Waals surface area contributed by atoms with Crippen LogP contribution in [0.1, 0.15) is 60.3 Å². The first-order valence-electron chi connectivity index (χ1n) is 13.1. The van der Waals surface area contributed by atoms with E-state index in [9.17, 15) is 19.5 Å². The predicted molar refractivity (Wildman–Crippen MR) is 139 cm³/mol. The SMILES string of the molecule is C=CCN(C)C(=O)[C@@H]1[C@@H]2CCC3(O2)C(C(=O)N(CC=C)C(C)(C)CC(C)(C)C)N(CCCO)C(=O)[C@H]13. The number of nitrogens with zero attached hydrogens (tertiary/aromatic N) is 3. The van der Waals surface area contributed by atoms with E-state index in [1.54, 1.807) is 29.0 Å². The van der Waals surface area contributed by atoms with Crippen LogP contribution >= 0.6 is 0 Å². The van der Waals surface area contributed by atoms with Gasteiger partial charge in [-0.25, -0.2) is 0 Å². The zero-order valence-corrected chi connectivity index (χ0v) is 23.0. The van der Waals surface area contributed by atoms with E-state index in [2.05, 4.69) is 33.9 Å². The van der Waals surface area contributed by atoms with Gasteiger partial charge < -0.3 is 24.5 Å². The molecule has 0 saturated carbocycles. The average Bonchev–Trinajstić information content (AvgIpc) is 3.41. The van der Waals surface area contributed by atoms with Crippen LogP contribution in [0.5, 0.6) is 0 Å². The number of amides is 3. The Kier molecular flexibility index (Phi) is 8.11. The molecule has 3 rings (SSSR count).